The first-order valence-electron chi connectivity index (χ1n) is 4.69. The van der Waals surface area contributed by atoms with Crippen molar-refractivity contribution in [3.8, 4) is 0 Å². The van der Waals surface area contributed by atoms with Gasteiger partial charge in [0.15, 0.2) is 5.82 Å². The molecule has 7 nitrogen and oxygen atoms in total. The zero-order chi connectivity index (χ0) is 10.7. The Balaban J connectivity index is 1.81. The van der Waals surface area contributed by atoms with E-state index >= 15 is 0 Å². The van der Waals surface area contributed by atoms with Crippen LogP contribution in [0.2, 0.25) is 0 Å². The molecule has 0 spiro atoms. The predicted octanol–water partition coefficient (Wildman–Crippen LogP) is -1.28. The minimum atomic E-state index is -0.132. The van der Waals surface area contributed by atoms with Crippen molar-refractivity contribution in [1.29, 1.82) is 0 Å². The average Bonchev–Trinajstić information content (AvgIpc) is 2.84. The summed E-state index contributed by atoms with van der Waals surface area (Å²) < 4.78 is 0. The molecule has 1 amide bonds. The first-order chi connectivity index (χ1) is 7.25. The third kappa shape index (κ3) is 2.38. The summed E-state index contributed by atoms with van der Waals surface area (Å²) in [6, 6.07) is -0.00840. The molecule has 2 rings (SSSR count). The fourth-order valence-corrected chi connectivity index (χ4v) is 1.48. The number of carbonyl (C=O) groups excluding carboxylic acids is 1. The third-order valence-electron chi connectivity index (χ3n) is 2.26. The van der Waals surface area contributed by atoms with E-state index in [9.17, 15) is 4.79 Å². The van der Waals surface area contributed by atoms with E-state index in [1.165, 1.54) is 0 Å². The van der Waals surface area contributed by atoms with Gasteiger partial charge in [-0.25, -0.2) is 0 Å². The topological polar surface area (TPSA) is 110 Å². The van der Waals surface area contributed by atoms with Crippen molar-refractivity contribution in [2.24, 2.45) is 11.7 Å². The van der Waals surface area contributed by atoms with Crippen LogP contribution < -0.4 is 11.1 Å². The fourth-order valence-electron chi connectivity index (χ4n) is 1.48. The number of nitrogens with two attached hydrogens (primary N) is 1. The zero-order valence-electron chi connectivity index (χ0n) is 8.05. The van der Waals surface area contributed by atoms with Crippen LogP contribution in [-0.2, 0) is 11.3 Å². The normalized spacial score (nSPS) is 24.3. The molecule has 0 fully saturated rings. The molecule has 0 aromatic carbocycles. The highest BCUT2D eigenvalue weighted by Crippen LogP contribution is 2.16. The molecule has 1 heterocycles. The summed E-state index contributed by atoms with van der Waals surface area (Å²) in [5, 5.41) is 15.9. The SMILES string of the molecule is NC1C=CC(C(=O)NCc2nn[nH]n2)C1. The Bertz CT molecular complexity index is 359. The van der Waals surface area contributed by atoms with Crippen LogP contribution in [0.15, 0.2) is 12.2 Å². The number of hydrogen-bond donors (Lipinski definition) is 3. The lowest BCUT2D eigenvalue weighted by Gasteiger charge is -2.08. The van der Waals surface area contributed by atoms with E-state index in [0.717, 1.165) is 0 Å². The Morgan fingerprint density at radius 2 is 2.53 bits per heavy atom. The van der Waals surface area contributed by atoms with Gasteiger partial charge < -0.3 is 11.1 Å². The molecule has 4 N–H and O–H groups in total. The van der Waals surface area contributed by atoms with Gasteiger partial charge in [0.25, 0.3) is 0 Å². The maximum absolute atomic E-state index is 11.6. The molecule has 7 heteroatoms. The molecule has 0 saturated carbocycles. The Kier molecular flexibility index (Phi) is 2.72. The Hall–Kier alpha value is -1.76. The monoisotopic (exact) mass is 208 g/mol. The van der Waals surface area contributed by atoms with E-state index in [2.05, 4.69) is 25.9 Å². The van der Waals surface area contributed by atoms with Gasteiger partial charge in [-0.3, -0.25) is 4.79 Å². The highest BCUT2D eigenvalue weighted by atomic mass is 16.1. The largest absolute Gasteiger partial charge is 0.348 e. The van der Waals surface area contributed by atoms with Crippen molar-refractivity contribution in [2.75, 3.05) is 0 Å². The molecule has 2 atom stereocenters. The number of H-pyrrole nitrogens is 1. The highest BCUT2D eigenvalue weighted by molar-refractivity contribution is 5.80. The van der Waals surface area contributed by atoms with Crippen LogP contribution in [0, 0.1) is 5.92 Å². The lowest BCUT2D eigenvalue weighted by atomic mass is 10.1. The van der Waals surface area contributed by atoms with Crippen molar-refractivity contribution in [2.45, 2.75) is 19.0 Å². The molecule has 1 aliphatic carbocycles. The van der Waals surface area contributed by atoms with Gasteiger partial charge in [-0.1, -0.05) is 17.4 Å². The molecule has 15 heavy (non-hydrogen) atoms. The standard InChI is InChI=1S/C8H12N6O/c9-6-2-1-5(3-6)8(15)10-4-7-11-13-14-12-7/h1-2,5-6H,3-4,9H2,(H,10,15)(H,11,12,13,14). The molecule has 0 radical (unpaired) electrons. The molecule has 0 bridgehead atoms. The second-order valence-electron chi connectivity index (χ2n) is 3.44. The summed E-state index contributed by atoms with van der Waals surface area (Å²) in [4.78, 5) is 11.6. The second kappa shape index (κ2) is 4.18. The molecule has 2 unspecified atom stereocenters. The molecule has 1 aliphatic rings. The van der Waals surface area contributed by atoms with Crippen LogP contribution in [0.5, 0.6) is 0 Å². The fraction of sp³-hybridized carbons (Fsp3) is 0.500. The average molecular weight is 208 g/mol. The van der Waals surface area contributed by atoms with Gasteiger partial charge in [-0.15, -0.1) is 10.2 Å². The van der Waals surface area contributed by atoms with Crippen molar-refractivity contribution >= 4 is 5.91 Å². The summed E-state index contributed by atoms with van der Waals surface area (Å²) in [6.45, 7) is 0.287. The molecule has 80 valence electrons. The zero-order valence-corrected chi connectivity index (χ0v) is 8.05. The van der Waals surface area contributed by atoms with Crippen molar-refractivity contribution in [3.05, 3.63) is 18.0 Å². The molecular formula is C8H12N6O. The number of nitrogens with one attached hydrogen (secondary N) is 2. The maximum atomic E-state index is 11.6. The van der Waals surface area contributed by atoms with Crippen LogP contribution in [0.25, 0.3) is 0 Å². The molecule has 0 aliphatic heterocycles. The van der Waals surface area contributed by atoms with E-state index in [1.807, 2.05) is 12.2 Å². The van der Waals surface area contributed by atoms with E-state index in [1.54, 1.807) is 0 Å². The van der Waals surface area contributed by atoms with Crippen LogP contribution in [0.4, 0.5) is 0 Å². The number of hydrogen-bond acceptors (Lipinski definition) is 5. The van der Waals surface area contributed by atoms with Crippen molar-refractivity contribution in [3.63, 3.8) is 0 Å². The number of nitrogens with zero attached hydrogens (tertiary/aromatic N) is 3. The quantitative estimate of drug-likeness (QED) is 0.536. The summed E-state index contributed by atoms with van der Waals surface area (Å²) in [5.41, 5.74) is 5.65. The van der Waals surface area contributed by atoms with Gasteiger partial charge in [0, 0.05) is 6.04 Å². The Morgan fingerprint density at radius 3 is 3.13 bits per heavy atom. The number of aromatic amines is 1. The minimum absolute atomic E-state index is 0.00840. The molecular weight excluding hydrogens is 196 g/mol. The summed E-state index contributed by atoms with van der Waals surface area (Å²) in [7, 11) is 0. The second-order valence-corrected chi connectivity index (χ2v) is 3.44. The van der Waals surface area contributed by atoms with Crippen molar-refractivity contribution < 1.29 is 4.79 Å². The van der Waals surface area contributed by atoms with Gasteiger partial charge in [0.1, 0.15) is 0 Å². The minimum Gasteiger partial charge on any atom is -0.348 e. The summed E-state index contributed by atoms with van der Waals surface area (Å²) in [6.07, 6.45) is 4.34. The molecule has 1 aromatic rings. The maximum Gasteiger partial charge on any atom is 0.227 e. The van der Waals surface area contributed by atoms with Crippen LogP contribution in [0.3, 0.4) is 0 Å². The Labute approximate surface area is 86.1 Å². The first kappa shape index (κ1) is 9.78. The summed E-state index contributed by atoms with van der Waals surface area (Å²) >= 11 is 0. The predicted molar refractivity (Wildman–Crippen MR) is 51.2 cm³/mol. The summed E-state index contributed by atoms with van der Waals surface area (Å²) in [5.74, 6) is 0.283. The Morgan fingerprint density at radius 1 is 1.67 bits per heavy atom. The van der Waals surface area contributed by atoms with Gasteiger partial charge in [-0.05, 0) is 6.42 Å². The van der Waals surface area contributed by atoms with Gasteiger partial charge in [-0.2, -0.15) is 5.21 Å². The van der Waals surface area contributed by atoms with Crippen LogP contribution in [0.1, 0.15) is 12.2 Å². The smallest absolute Gasteiger partial charge is 0.227 e. The number of tetrazole rings is 1. The van der Waals surface area contributed by atoms with Crippen LogP contribution in [-0.4, -0.2) is 32.6 Å². The number of rotatable bonds is 3. The first-order valence-corrected chi connectivity index (χ1v) is 4.69. The van der Waals surface area contributed by atoms with Crippen molar-refractivity contribution in [1.82, 2.24) is 25.9 Å². The van der Waals surface area contributed by atoms with E-state index in [4.69, 9.17) is 5.73 Å². The van der Waals surface area contributed by atoms with E-state index < -0.39 is 0 Å². The highest BCUT2D eigenvalue weighted by Gasteiger charge is 2.22. The molecule has 1 aromatic heterocycles. The lowest BCUT2D eigenvalue weighted by molar-refractivity contribution is -0.123. The number of carbonyl (C=O) groups is 1. The van der Waals surface area contributed by atoms with Gasteiger partial charge in [0.2, 0.25) is 5.91 Å². The van der Waals surface area contributed by atoms with Gasteiger partial charge in [0.05, 0.1) is 12.5 Å². The molecule has 0 saturated heterocycles. The third-order valence-corrected chi connectivity index (χ3v) is 2.26. The van der Waals surface area contributed by atoms with E-state index in [-0.39, 0.29) is 24.4 Å². The lowest BCUT2D eigenvalue weighted by Crippen LogP contribution is -2.30. The number of aromatic nitrogens is 4. The van der Waals surface area contributed by atoms with E-state index in [0.29, 0.717) is 12.2 Å². The van der Waals surface area contributed by atoms with Gasteiger partial charge >= 0.3 is 0 Å². The number of amides is 1. The van der Waals surface area contributed by atoms with Crippen LogP contribution >= 0.6 is 0 Å².